The highest BCUT2D eigenvalue weighted by Crippen LogP contribution is 2.55. The van der Waals surface area contributed by atoms with Crippen LogP contribution in [0.2, 0.25) is 0 Å². The number of aldehydes is 2. The average molecular weight is 605 g/mol. The normalized spacial score (nSPS) is 11.5. The van der Waals surface area contributed by atoms with E-state index in [1.807, 2.05) is 0 Å². The molecule has 1 aromatic heterocycles. The van der Waals surface area contributed by atoms with E-state index in [0.29, 0.717) is 5.39 Å². The van der Waals surface area contributed by atoms with Crippen LogP contribution >= 0.6 is 0 Å². The summed E-state index contributed by atoms with van der Waals surface area (Å²) in [5, 5.41) is 67.8. The first-order chi connectivity index (χ1) is 20.7. The number of carbonyl (C=O) groups excluding carboxylic acids is 4. The molecule has 4 rings (SSSR count). The zero-order chi connectivity index (χ0) is 32.6. The summed E-state index contributed by atoms with van der Waals surface area (Å²) in [5.74, 6) is -10.1. The predicted octanol–water partition coefficient (Wildman–Crippen LogP) is 5.93. The van der Waals surface area contributed by atoms with E-state index in [9.17, 15) is 49.8 Å². The van der Waals surface area contributed by atoms with Crippen molar-refractivity contribution in [2.45, 2.75) is 46.5 Å². The van der Waals surface area contributed by atoms with Gasteiger partial charge in [-0.1, -0.05) is 45.9 Å². The van der Waals surface area contributed by atoms with Crippen LogP contribution in [-0.4, -0.2) is 54.8 Å². The molecule has 4 aromatic rings. The highest BCUT2D eigenvalue weighted by atomic mass is 16.3. The van der Waals surface area contributed by atoms with Crippen molar-refractivity contribution < 1.29 is 54.2 Å². The second-order valence-electron chi connectivity index (χ2n) is 11.4. The zero-order valence-electron chi connectivity index (χ0n) is 24.4. The number of furan rings is 1. The highest BCUT2D eigenvalue weighted by Gasteiger charge is 2.40. The first-order valence-electron chi connectivity index (χ1n) is 13.8. The fourth-order valence-corrected chi connectivity index (χ4v) is 5.32. The first kappa shape index (κ1) is 31.6. The van der Waals surface area contributed by atoms with Crippen molar-refractivity contribution in [3.8, 4) is 34.5 Å². The molecule has 0 saturated heterocycles. The van der Waals surface area contributed by atoms with Crippen molar-refractivity contribution in [1.82, 2.24) is 0 Å². The molecule has 6 N–H and O–H groups in total. The SMILES string of the molecule is CC(C)CC(=O)c1c(O)c(C=O)c(O)c(C(c2cc3ccccc3o2)c2c(O)c(C=O)c(O)c(C(=O)CC(C)C)c2O)c1O. The van der Waals surface area contributed by atoms with E-state index >= 15 is 0 Å². The van der Waals surface area contributed by atoms with Gasteiger partial charge in [0.25, 0.3) is 0 Å². The van der Waals surface area contributed by atoms with Crippen LogP contribution in [0.4, 0.5) is 0 Å². The van der Waals surface area contributed by atoms with Crippen molar-refractivity contribution in [3.63, 3.8) is 0 Å². The molecule has 0 fully saturated rings. The number of hydrogen-bond donors (Lipinski definition) is 6. The van der Waals surface area contributed by atoms with Gasteiger partial charge >= 0.3 is 0 Å². The smallest absolute Gasteiger partial charge is 0.170 e. The molecule has 0 aliphatic carbocycles. The van der Waals surface area contributed by atoms with Gasteiger partial charge in [0.15, 0.2) is 24.1 Å². The maximum atomic E-state index is 13.2. The Balaban J connectivity index is 2.23. The van der Waals surface area contributed by atoms with E-state index in [4.69, 9.17) is 4.42 Å². The molecule has 0 atom stereocenters. The number of para-hydroxylation sites is 1. The molecule has 44 heavy (non-hydrogen) atoms. The van der Waals surface area contributed by atoms with Crippen molar-refractivity contribution >= 4 is 35.1 Å². The van der Waals surface area contributed by atoms with Gasteiger partial charge in [-0.3, -0.25) is 19.2 Å². The van der Waals surface area contributed by atoms with Crippen LogP contribution in [0.1, 0.15) is 105 Å². The number of benzene rings is 3. The van der Waals surface area contributed by atoms with E-state index in [1.54, 1.807) is 52.0 Å². The van der Waals surface area contributed by atoms with Gasteiger partial charge in [-0.05, 0) is 24.0 Å². The summed E-state index contributed by atoms with van der Waals surface area (Å²) in [6.07, 6.45) is -0.254. The maximum absolute atomic E-state index is 13.2. The summed E-state index contributed by atoms with van der Waals surface area (Å²) >= 11 is 0. The number of phenols is 6. The van der Waals surface area contributed by atoms with Crippen LogP contribution in [0, 0.1) is 11.8 Å². The molecular formula is C33H32O11. The maximum Gasteiger partial charge on any atom is 0.170 e. The Hall–Kier alpha value is -5.32. The third-order valence-electron chi connectivity index (χ3n) is 7.28. The molecule has 0 unspecified atom stereocenters. The number of ketones is 2. The molecule has 0 amide bonds. The third kappa shape index (κ3) is 5.32. The zero-order valence-corrected chi connectivity index (χ0v) is 24.4. The number of hydrogen-bond acceptors (Lipinski definition) is 11. The van der Waals surface area contributed by atoms with Crippen molar-refractivity contribution in [3.05, 3.63) is 69.5 Å². The van der Waals surface area contributed by atoms with Crippen LogP contribution in [-0.2, 0) is 0 Å². The number of rotatable bonds is 11. The highest BCUT2D eigenvalue weighted by molar-refractivity contribution is 6.07. The van der Waals surface area contributed by atoms with E-state index in [0.717, 1.165) is 0 Å². The number of fused-ring (bicyclic) bond motifs is 1. The third-order valence-corrected chi connectivity index (χ3v) is 7.28. The topological polar surface area (TPSA) is 203 Å². The van der Waals surface area contributed by atoms with Gasteiger partial charge in [-0.2, -0.15) is 0 Å². The van der Waals surface area contributed by atoms with E-state index in [2.05, 4.69) is 0 Å². The molecular weight excluding hydrogens is 572 g/mol. The van der Waals surface area contributed by atoms with Crippen LogP contribution in [0.25, 0.3) is 11.0 Å². The summed E-state index contributed by atoms with van der Waals surface area (Å²) in [7, 11) is 0. The standard InChI is InChI=1S/C33H32O11/c1-14(2)9-19(36)23-28(38)17(12-34)30(40)26(32(23)42)25(22-11-16-7-5-6-8-21(16)44-22)27-31(41)18(13-35)29(39)24(33(27)43)20(37)10-15(3)4/h5-8,11-15,25,38-43H,9-10H2,1-4H3. The Morgan fingerprint density at radius 1 is 0.682 bits per heavy atom. The minimum absolute atomic E-state index is 0.0560. The number of aromatic hydroxyl groups is 6. The van der Waals surface area contributed by atoms with Crippen LogP contribution in [0.5, 0.6) is 34.5 Å². The number of phenolic OH excluding ortho intramolecular Hbond substituents is 6. The molecule has 0 aliphatic heterocycles. The predicted molar refractivity (Wildman–Crippen MR) is 158 cm³/mol. The first-order valence-corrected chi connectivity index (χ1v) is 13.8. The van der Waals surface area contributed by atoms with E-state index < -0.39 is 85.4 Å². The number of Topliss-reactive ketones (excluding diaryl/α,β-unsaturated/α-hetero) is 2. The van der Waals surface area contributed by atoms with Crippen LogP contribution < -0.4 is 0 Å². The lowest BCUT2D eigenvalue weighted by Crippen LogP contribution is -2.13. The van der Waals surface area contributed by atoms with Crippen molar-refractivity contribution in [2.75, 3.05) is 0 Å². The molecule has 0 aliphatic rings. The molecule has 11 nitrogen and oxygen atoms in total. The van der Waals surface area contributed by atoms with Crippen LogP contribution in [0.15, 0.2) is 34.7 Å². The fourth-order valence-electron chi connectivity index (χ4n) is 5.32. The summed E-state index contributed by atoms with van der Waals surface area (Å²) in [5.41, 5.74) is -4.02. The van der Waals surface area contributed by atoms with Gasteiger partial charge in [-0.25, -0.2) is 0 Å². The molecule has 230 valence electrons. The molecule has 1 heterocycles. The summed E-state index contributed by atoms with van der Waals surface area (Å²) in [4.78, 5) is 50.7. The minimum Gasteiger partial charge on any atom is -0.507 e. The molecule has 0 saturated carbocycles. The number of carbonyl (C=O) groups is 4. The van der Waals surface area contributed by atoms with Gasteiger partial charge in [-0.15, -0.1) is 0 Å². The van der Waals surface area contributed by atoms with Gasteiger partial charge in [0.1, 0.15) is 57.0 Å². The van der Waals surface area contributed by atoms with Crippen molar-refractivity contribution in [1.29, 1.82) is 0 Å². The summed E-state index contributed by atoms with van der Waals surface area (Å²) in [6.45, 7) is 6.81. The molecule has 0 bridgehead atoms. The monoisotopic (exact) mass is 604 g/mol. The second kappa shape index (κ2) is 12.1. The van der Waals surface area contributed by atoms with Gasteiger partial charge in [0.2, 0.25) is 0 Å². The van der Waals surface area contributed by atoms with Gasteiger partial charge in [0.05, 0.1) is 28.2 Å². The van der Waals surface area contributed by atoms with E-state index in [-0.39, 0.29) is 48.6 Å². The summed E-state index contributed by atoms with van der Waals surface area (Å²) in [6, 6.07) is 7.98. The lowest BCUT2D eigenvalue weighted by atomic mass is 9.80. The largest absolute Gasteiger partial charge is 0.507 e. The fraction of sp³-hybridized carbons (Fsp3) is 0.273. The lowest BCUT2D eigenvalue weighted by Gasteiger charge is -2.25. The van der Waals surface area contributed by atoms with Crippen molar-refractivity contribution in [2.24, 2.45) is 11.8 Å². The Bertz CT molecular complexity index is 1680. The average Bonchev–Trinajstić information content (AvgIpc) is 3.35. The minimum atomic E-state index is -1.81. The Labute approximate surface area is 251 Å². The Morgan fingerprint density at radius 2 is 1.11 bits per heavy atom. The lowest BCUT2D eigenvalue weighted by molar-refractivity contribution is 0.0952. The van der Waals surface area contributed by atoms with E-state index in [1.165, 1.54) is 6.07 Å². The quantitative estimate of drug-likeness (QED) is 0.0874. The molecule has 3 aromatic carbocycles. The Kier molecular flexibility index (Phi) is 8.71. The molecule has 0 radical (unpaired) electrons. The second-order valence-corrected chi connectivity index (χ2v) is 11.4. The van der Waals surface area contributed by atoms with Gasteiger partial charge < -0.3 is 35.1 Å². The molecule has 0 spiro atoms. The Morgan fingerprint density at radius 3 is 1.50 bits per heavy atom. The summed E-state index contributed by atoms with van der Waals surface area (Å²) < 4.78 is 5.98. The molecule has 11 heteroatoms. The van der Waals surface area contributed by atoms with Crippen LogP contribution in [0.3, 0.4) is 0 Å². The van der Waals surface area contributed by atoms with Gasteiger partial charge in [0, 0.05) is 18.2 Å².